The molecule has 0 aromatic heterocycles. The van der Waals surface area contributed by atoms with Crippen molar-refractivity contribution in [3.8, 4) is 12.3 Å². The first-order valence-corrected chi connectivity index (χ1v) is 4.71. The molecule has 3 heteroatoms. The van der Waals surface area contributed by atoms with E-state index in [4.69, 9.17) is 12.2 Å². The van der Waals surface area contributed by atoms with Gasteiger partial charge >= 0.3 is 0 Å². The van der Waals surface area contributed by atoms with Crippen molar-refractivity contribution in [3.63, 3.8) is 0 Å². The number of hydrogen-bond acceptors (Lipinski definition) is 2. The van der Waals surface area contributed by atoms with Gasteiger partial charge in [0, 0.05) is 22.9 Å². The second-order valence-corrected chi connectivity index (χ2v) is 3.62. The molecule has 0 spiro atoms. The molecule has 1 aromatic rings. The van der Waals surface area contributed by atoms with Crippen LogP contribution in [0.2, 0.25) is 0 Å². The number of anilines is 1. The van der Waals surface area contributed by atoms with E-state index < -0.39 is 0 Å². The van der Waals surface area contributed by atoms with E-state index in [9.17, 15) is 4.79 Å². The van der Waals surface area contributed by atoms with Crippen LogP contribution >= 0.6 is 0 Å². The van der Waals surface area contributed by atoms with Crippen molar-refractivity contribution in [1.82, 2.24) is 5.32 Å². The van der Waals surface area contributed by atoms with E-state index in [1.165, 1.54) is 0 Å². The number of terminal acetylenes is 1. The molecular weight excluding hydrogens is 188 g/mol. The zero-order chi connectivity index (χ0) is 11.4. The molecule has 1 rings (SSSR count). The maximum Gasteiger partial charge on any atom is 0.251 e. The van der Waals surface area contributed by atoms with Gasteiger partial charge in [0.15, 0.2) is 0 Å². The number of hydrogen-bond donors (Lipinski definition) is 2. The van der Waals surface area contributed by atoms with Crippen LogP contribution in [0.4, 0.5) is 5.69 Å². The average molecular weight is 202 g/mol. The predicted octanol–water partition coefficient (Wildman–Crippen LogP) is 1.39. The van der Waals surface area contributed by atoms with Gasteiger partial charge in [-0.05, 0) is 32.0 Å². The molecule has 0 heterocycles. The third kappa shape index (κ3) is 3.03. The third-order valence-electron chi connectivity index (χ3n) is 1.80. The predicted molar refractivity (Wildman–Crippen MR) is 61.4 cm³/mol. The lowest BCUT2D eigenvalue weighted by atomic mass is 10.1. The molecule has 0 bridgehead atoms. The maximum absolute atomic E-state index is 11.6. The summed E-state index contributed by atoms with van der Waals surface area (Å²) in [5.41, 5.74) is 7.24. The summed E-state index contributed by atoms with van der Waals surface area (Å²) < 4.78 is 0. The molecule has 1 aromatic carbocycles. The van der Waals surface area contributed by atoms with E-state index in [-0.39, 0.29) is 11.9 Å². The Balaban J connectivity index is 3.00. The Labute approximate surface area is 89.7 Å². The molecule has 0 fully saturated rings. The van der Waals surface area contributed by atoms with Gasteiger partial charge in [-0.1, -0.05) is 5.92 Å². The number of nitrogens with one attached hydrogen (secondary N) is 1. The van der Waals surface area contributed by atoms with Gasteiger partial charge in [-0.3, -0.25) is 4.79 Å². The lowest BCUT2D eigenvalue weighted by Gasteiger charge is -2.09. The first-order chi connectivity index (χ1) is 7.02. The van der Waals surface area contributed by atoms with Gasteiger partial charge in [0.25, 0.3) is 5.91 Å². The highest BCUT2D eigenvalue weighted by Crippen LogP contribution is 2.11. The monoisotopic (exact) mass is 202 g/mol. The quantitative estimate of drug-likeness (QED) is 0.562. The van der Waals surface area contributed by atoms with Gasteiger partial charge in [0.1, 0.15) is 0 Å². The van der Waals surface area contributed by atoms with Crippen LogP contribution in [0.25, 0.3) is 0 Å². The molecule has 15 heavy (non-hydrogen) atoms. The molecule has 0 aliphatic rings. The van der Waals surface area contributed by atoms with Crippen molar-refractivity contribution in [2.45, 2.75) is 19.9 Å². The summed E-state index contributed by atoms with van der Waals surface area (Å²) in [7, 11) is 0. The molecule has 0 saturated carbocycles. The fraction of sp³-hybridized carbons (Fsp3) is 0.250. The van der Waals surface area contributed by atoms with Crippen LogP contribution in [0.5, 0.6) is 0 Å². The molecule has 0 aliphatic heterocycles. The smallest absolute Gasteiger partial charge is 0.251 e. The first kappa shape index (κ1) is 11.1. The summed E-state index contributed by atoms with van der Waals surface area (Å²) in [6.45, 7) is 3.79. The van der Waals surface area contributed by atoms with Gasteiger partial charge in [0.05, 0.1) is 0 Å². The van der Waals surface area contributed by atoms with Crippen LogP contribution in [0, 0.1) is 12.3 Å². The normalized spacial score (nSPS) is 9.73. The summed E-state index contributed by atoms with van der Waals surface area (Å²) in [6.07, 6.45) is 5.25. The number of rotatable bonds is 2. The van der Waals surface area contributed by atoms with Crippen molar-refractivity contribution < 1.29 is 4.79 Å². The summed E-state index contributed by atoms with van der Waals surface area (Å²) in [5, 5.41) is 2.77. The van der Waals surface area contributed by atoms with E-state index in [0.717, 1.165) is 0 Å². The minimum absolute atomic E-state index is 0.0909. The van der Waals surface area contributed by atoms with Gasteiger partial charge < -0.3 is 11.1 Å². The molecule has 3 nitrogen and oxygen atoms in total. The van der Waals surface area contributed by atoms with Gasteiger partial charge in [-0.25, -0.2) is 0 Å². The van der Waals surface area contributed by atoms with E-state index in [2.05, 4.69) is 11.2 Å². The van der Waals surface area contributed by atoms with Crippen molar-refractivity contribution in [1.29, 1.82) is 0 Å². The molecule has 1 amide bonds. The zero-order valence-electron chi connectivity index (χ0n) is 8.87. The highest BCUT2D eigenvalue weighted by Gasteiger charge is 2.08. The molecule has 3 N–H and O–H groups in total. The third-order valence-corrected chi connectivity index (χ3v) is 1.80. The second kappa shape index (κ2) is 4.52. The SMILES string of the molecule is C#Cc1cc(N)cc(C(=O)NC(C)C)c1. The van der Waals surface area contributed by atoms with E-state index in [1.54, 1.807) is 18.2 Å². The number of carbonyl (C=O) groups is 1. The number of amides is 1. The number of nitrogens with two attached hydrogens (primary N) is 1. The lowest BCUT2D eigenvalue weighted by Crippen LogP contribution is -2.30. The van der Waals surface area contributed by atoms with Crippen molar-refractivity contribution in [2.75, 3.05) is 5.73 Å². The minimum atomic E-state index is -0.159. The van der Waals surface area contributed by atoms with Crippen LogP contribution in [-0.2, 0) is 0 Å². The van der Waals surface area contributed by atoms with Crippen LogP contribution in [0.3, 0.4) is 0 Å². The van der Waals surface area contributed by atoms with Gasteiger partial charge in [-0.2, -0.15) is 0 Å². The van der Waals surface area contributed by atoms with Crippen molar-refractivity contribution in [3.05, 3.63) is 29.3 Å². The zero-order valence-corrected chi connectivity index (χ0v) is 8.87. The minimum Gasteiger partial charge on any atom is -0.399 e. The highest BCUT2D eigenvalue weighted by molar-refractivity contribution is 5.95. The standard InChI is InChI=1S/C12H14N2O/c1-4-9-5-10(7-11(13)6-9)12(15)14-8(2)3/h1,5-8H,13H2,2-3H3,(H,14,15). The van der Waals surface area contributed by atoms with Crippen LogP contribution < -0.4 is 11.1 Å². The van der Waals surface area contributed by atoms with Gasteiger partial charge in [-0.15, -0.1) is 6.42 Å². The number of carbonyl (C=O) groups excluding carboxylic acids is 1. The summed E-state index contributed by atoms with van der Waals surface area (Å²) in [5.74, 6) is 2.30. The van der Waals surface area contributed by atoms with Crippen LogP contribution in [-0.4, -0.2) is 11.9 Å². The maximum atomic E-state index is 11.6. The second-order valence-electron chi connectivity index (χ2n) is 3.62. The number of benzene rings is 1. The highest BCUT2D eigenvalue weighted by atomic mass is 16.1. The Morgan fingerprint density at radius 1 is 1.47 bits per heavy atom. The Kier molecular flexibility index (Phi) is 3.35. The first-order valence-electron chi connectivity index (χ1n) is 4.71. The van der Waals surface area contributed by atoms with E-state index in [0.29, 0.717) is 16.8 Å². The fourth-order valence-electron chi connectivity index (χ4n) is 1.21. The number of nitrogen functional groups attached to an aromatic ring is 1. The molecule has 0 saturated heterocycles. The summed E-state index contributed by atoms with van der Waals surface area (Å²) in [6, 6.07) is 5.01. The molecule has 0 radical (unpaired) electrons. The Morgan fingerprint density at radius 3 is 2.67 bits per heavy atom. The average Bonchev–Trinajstić information content (AvgIpc) is 2.15. The Morgan fingerprint density at radius 2 is 2.13 bits per heavy atom. The molecule has 78 valence electrons. The largest absolute Gasteiger partial charge is 0.399 e. The van der Waals surface area contributed by atoms with Crippen molar-refractivity contribution in [2.24, 2.45) is 0 Å². The lowest BCUT2D eigenvalue weighted by molar-refractivity contribution is 0.0943. The molecule has 0 unspecified atom stereocenters. The topological polar surface area (TPSA) is 55.1 Å². The molecule has 0 aliphatic carbocycles. The van der Waals surface area contributed by atoms with Crippen molar-refractivity contribution >= 4 is 11.6 Å². The van der Waals surface area contributed by atoms with Crippen LogP contribution in [0.15, 0.2) is 18.2 Å². The van der Waals surface area contributed by atoms with Crippen LogP contribution in [0.1, 0.15) is 29.8 Å². The Bertz CT molecular complexity index is 416. The summed E-state index contributed by atoms with van der Waals surface area (Å²) >= 11 is 0. The Hall–Kier alpha value is -1.95. The molecule has 0 atom stereocenters. The van der Waals surface area contributed by atoms with E-state index >= 15 is 0 Å². The summed E-state index contributed by atoms with van der Waals surface area (Å²) in [4.78, 5) is 11.6. The van der Waals surface area contributed by atoms with E-state index in [1.807, 2.05) is 13.8 Å². The van der Waals surface area contributed by atoms with Gasteiger partial charge in [0.2, 0.25) is 0 Å². The fourth-order valence-corrected chi connectivity index (χ4v) is 1.21. The molecular formula is C12H14N2O.